The number of hydrogen-bond acceptors (Lipinski definition) is 5. The molecule has 0 saturated carbocycles. The highest BCUT2D eigenvalue weighted by Crippen LogP contribution is 2.11. The SMILES string of the molecule is CC(O)Cc1noc(CC2CCCN2)n1. The van der Waals surface area contributed by atoms with Crippen LogP contribution < -0.4 is 5.32 Å². The van der Waals surface area contributed by atoms with E-state index in [-0.39, 0.29) is 0 Å². The Morgan fingerprint density at radius 2 is 2.53 bits per heavy atom. The standard InChI is InChI=1S/C10H17N3O2/c1-7(14)5-9-12-10(15-13-9)6-8-3-2-4-11-8/h7-8,11,14H,2-6H2,1H3. The van der Waals surface area contributed by atoms with Gasteiger partial charge in [0, 0.05) is 18.9 Å². The molecule has 1 aromatic heterocycles. The van der Waals surface area contributed by atoms with Crippen LogP contribution in [-0.4, -0.2) is 33.9 Å². The summed E-state index contributed by atoms with van der Waals surface area (Å²) in [5.41, 5.74) is 0. The summed E-state index contributed by atoms with van der Waals surface area (Å²) < 4.78 is 5.12. The molecule has 2 atom stereocenters. The highest BCUT2D eigenvalue weighted by Gasteiger charge is 2.18. The van der Waals surface area contributed by atoms with Crippen molar-refractivity contribution < 1.29 is 9.63 Å². The average molecular weight is 211 g/mol. The van der Waals surface area contributed by atoms with Gasteiger partial charge in [-0.15, -0.1) is 0 Å². The quantitative estimate of drug-likeness (QED) is 0.749. The second kappa shape index (κ2) is 4.72. The van der Waals surface area contributed by atoms with Gasteiger partial charge in [0.05, 0.1) is 6.10 Å². The Morgan fingerprint density at radius 1 is 1.67 bits per heavy atom. The molecule has 0 amide bonds. The molecule has 2 N–H and O–H groups in total. The first kappa shape index (κ1) is 10.6. The number of rotatable bonds is 4. The summed E-state index contributed by atoms with van der Waals surface area (Å²) in [4.78, 5) is 4.24. The van der Waals surface area contributed by atoms with Gasteiger partial charge >= 0.3 is 0 Å². The minimum atomic E-state index is -0.417. The van der Waals surface area contributed by atoms with Crippen LogP contribution in [0.1, 0.15) is 31.5 Å². The minimum Gasteiger partial charge on any atom is -0.393 e. The summed E-state index contributed by atoms with van der Waals surface area (Å²) >= 11 is 0. The monoisotopic (exact) mass is 211 g/mol. The molecule has 0 spiro atoms. The third kappa shape index (κ3) is 3.00. The summed E-state index contributed by atoms with van der Waals surface area (Å²) in [5.74, 6) is 1.27. The molecule has 0 bridgehead atoms. The molecule has 5 heteroatoms. The maximum atomic E-state index is 9.17. The summed E-state index contributed by atoms with van der Waals surface area (Å²) in [7, 11) is 0. The number of hydrogen-bond donors (Lipinski definition) is 2. The van der Waals surface area contributed by atoms with Crippen LogP contribution in [0.25, 0.3) is 0 Å². The summed E-state index contributed by atoms with van der Waals surface area (Å²) in [6, 6.07) is 0.477. The molecule has 5 nitrogen and oxygen atoms in total. The molecule has 84 valence electrons. The van der Waals surface area contributed by atoms with E-state index < -0.39 is 6.10 Å². The van der Waals surface area contributed by atoms with Gasteiger partial charge in [0.15, 0.2) is 5.82 Å². The van der Waals surface area contributed by atoms with Gasteiger partial charge in [-0.1, -0.05) is 5.16 Å². The molecular weight excluding hydrogens is 194 g/mol. The highest BCUT2D eigenvalue weighted by molar-refractivity contribution is 4.92. The molecule has 1 aliphatic heterocycles. The first-order chi connectivity index (χ1) is 7.24. The molecule has 1 aliphatic rings. The van der Waals surface area contributed by atoms with Gasteiger partial charge in [0.25, 0.3) is 0 Å². The first-order valence-corrected chi connectivity index (χ1v) is 5.47. The third-order valence-electron chi connectivity index (χ3n) is 2.57. The second-order valence-electron chi connectivity index (χ2n) is 4.15. The molecule has 15 heavy (non-hydrogen) atoms. The van der Waals surface area contributed by atoms with E-state index in [2.05, 4.69) is 15.5 Å². The van der Waals surface area contributed by atoms with E-state index in [1.807, 2.05) is 0 Å². The van der Waals surface area contributed by atoms with E-state index in [1.165, 1.54) is 12.8 Å². The van der Waals surface area contributed by atoms with Crippen LogP contribution in [0.4, 0.5) is 0 Å². The highest BCUT2D eigenvalue weighted by atomic mass is 16.5. The molecule has 0 aromatic carbocycles. The van der Waals surface area contributed by atoms with Crippen molar-refractivity contribution in [1.29, 1.82) is 0 Å². The van der Waals surface area contributed by atoms with Gasteiger partial charge in [0.2, 0.25) is 5.89 Å². The molecule has 0 aliphatic carbocycles. The van der Waals surface area contributed by atoms with Crippen molar-refractivity contribution in [3.8, 4) is 0 Å². The number of aromatic nitrogens is 2. The lowest BCUT2D eigenvalue weighted by atomic mass is 10.1. The number of nitrogens with zero attached hydrogens (tertiary/aromatic N) is 2. The zero-order valence-corrected chi connectivity index (χ0v) is 8.94. The molecule has 2 heterocycles. The molecule has 0 radical (unpaired) electrons. The van der Waals surface area contributed by atoms with Crippen molar-refractivity contribution in [2.45, 2.75) is 44.8 Å². The largest absolute Gasteiger partial charge is 0.393 e. The normalized spacial score (nSPS) is 23.2. The van der Waals surface area contributed by atoms with E-state index in [9.17, 15) is 0 Å². The van der Waals surface area contributed by atoms with Crippen molar-refractivity contribution in [2.24, 2.45) is 0 Å². The summed E-state index contributed by atoms with van der Waals surface area (Å²) in [6.45, 7) is 2.80. The van der Waals surface area contributed by atoms with E-state index in [0.717, 1.165) is 13.0 Å². The van der Waals surface area contributed by atoms with Gasteiger partial charge in [0.1, 0.15) is 0 Å². The molecule has 1 fully saturated rings. The molecular formula is C10H17N3O2. The Bertz CT molecular complexity index is 305. The van der Waals surface area contributed by atoms with Crippen molar-refractivity contribution in [3.63, 3.8) is 0 Å². The third-order valence-corrected chi connectivity index (χ3v) is 2.57. The number of nitrogens with one attached hydrogen (secondary N) is 1. The van der Waals surface area contributed by atoms with Gasteiger partial charge < -0.3 is 14.9 Å². The molecule has 2 unspecified atom stereocenters. The fraction of sp³-hybridized carbons (Fsp3) is 0.800. The molecule has 1 aromatic rings. The van der Waals surface area contributed by atoms with Crippen molar-refractivity contribution >= 4 is 0 Å². The predicted molar refractivity (Wildman–Crippen MR) is 54.4 cm³/mol. The van der Waals surface area contributed by atoms with Crippen molar-refractivity contribution in [1.82, 2.24) is 15.5 Å². The van der Waals surface area contributed by atoms with E-state index >= 15 is 0 Å². The van der Waals surface area contributed by atoms with Crippen LogP contribution in [0.3, 0.4) is 0 Å². The summed E-state index contributed by atoms with van der Waals surface area (Å²) in [6.07, 6.45) is 3.24. The van der Waals surface area contributed by atoms with Crippen LogP contribution in [0.2, 0.25) is 0 Å². The van der Waals surface area contributed by atoms with Crippen molar-refractivity contribution in [2.75, 3.05) is 6.54 Å². The van der Waals surface area contributed by atoms with E-state index in [0.29, 0.717) is 24.2 Å². The molecule has 1 saturated heterocycles. The van der Waals surface area contributed by atoms with Crippen molar-refractivity contribution in [3.05, 3.63) is 11.7 Å². The van der Waals surface area contributed by atoms with Crippen LogP contribution in [0.15, 0.2) is 4.52 Å². The first-order valence-electron chi connectivity index (χ1n) is 5.47. The van der Waals surface area contributed by atoms with Gasteiger partial charge in [-0.2, -0.15) is 4.98 Å². The number of aliphatic hydroxyl groups is 1. The minimum absolute atomic E-state index is 0.417. The Kier molecular flexibility index (Phi) is 3.33. The Morgan fingerprint density at radius 3 is 3.20 bits per heavy atom. The van der Waals surface area contributed by atoms with Gasteiger partial charge in [-0.05, 0) is 26.3 Å². The van der Waals surface area contributed by atoms with Gasteiger partial charge in [-0.3, -0.25) is 0 Å². The van der Waals surface area contributed by atoms with Crippen LogP contribution in [-0.2, 0) is 12.8 Å². The van der Waals surface area contributed by atoms with Crippen LogP contribution in [0, 0.1) is 0 Å². The number of aliphatic hydroxyl groups excluding tert-OH is 1. The maximum Gasteiger partial charge on any atom is 0.228 e. The fourth-order valence-corrected chi connectivity index (χ4v) is 1.86. The Hall–Kier alpha value is -0.940. The summed E-state index contributed by atoms with van der Waals surface area (Å²) in [5, 5.41) is 16.4. The zero-order chi connectivity index (χ0) is 10.7. The lowest BCUT2D eigenvalue weighted by molar-refractivity contribution is 0.191. The van der Waals surface area contributed by atoms with E-state index in [4.69, 9.17) is 9.63 Å². The average Bonchev–Trinajstić information content (AvgIpc) is 2.77. The van der Waals surface area contributed by atoms with Crippen LogP contribution >= 0.6 is 0 Å². The zero-order valence-electron chi connectivity index (χ0n) is 8.94. The molecule has 2 rings (SSSR count). The maximum absolute atomic E-state index is 9.17. The topological polar surface area (TPSA) is 71.2 Å². The second-order valence-corrected chi connectivity index (χ2v) is 4.15. The smallest absolute Gasteiger partial charge is 0.228 e. The van der Waals surface area contributed by atoms with E-state index in [1.54, 1.807) is 6.92 Å². The lowest BCUT2D eigenvalue weighted by Gasteiger charge is -2.04. The Balaban J connectivity index is 1.88. The van der Waals surface area contributed by atoms with Gasteiger partial charge in [-0.25, -0.2) is 0 Å². The lowest BCUT2D eigenvalue weighted by Crippen LogP contribution is -2.23. The fourth-order valence-electron chi connectivity index (χ4n) is 1.86. The Labute approximate surface area is 88.9 Å². The van der Waals surface area contributed by atoms with Crippen LogP contribution in [0.5, 0.6) is 0 Å². The predicted octanol–water partition coefficient (Wildman–Crippen LogP) is 0.287.